The van der Waals surface area contributed by atoms with Gasteiger partial charge in [-0.3, -0.25) is 4.79 Å². The smallest absolute Gasteiger partial charge is 0.272 e. The monoisotopic (exact) mass is 258 g/mol. The first kappa shape index (κ1) is 13.1. The van der Waals surface area contributed by atoms with Crippen LogP contribution < -0.4 is 10.2 Å². The van der Waals surface area contributed by atoms with Crippen molar-refractivity contribution in [2.45, 2.75) is 6.92 Å². The summed E-state index contributed by atoms with van der Waals surface area (Å²) < 4.78 is 1.86. The first-order chi connectivity index (χ1) is 8.99. The number of anilines is 2. The fourth-order valence-corrected chi connectivity index (χ4v) is 1.76. The molecule has 19 heavy (non-hydrogen) atoms. The van der Waals surface area contributed by atoms with E-state index in [9.17, 15) is 4.79 Å². The summed E-state index contributed by atoms with van der Waals surface area (Å²) in [4.78, 5) is 18.3. The number of rotatable bonds is 3. The third-order valence-corrected chi connectivity index (χ3v) is 3.07. The van der Waals surface area contributed by atoms with Crippen LogP contribution in [0.5, 0.6) is 0 Å². The van der Waals surface area contributed by atoms with Crippen molar-refractivity contribution in [2.24, 2.45) is 7.05 Å². The van der Waals surface area contributed by atoms with Gasteiger partial charge < -0.3 is 14.8 Å². The predicted molar refractivity (Wildman–Crippen MR) is 76.7 cm³/mol. The van der Waals surface area contributed by atoms with E-state index in [4.69, 9.17) is 0 Å². The van der Waals surface area contributed by atoms with Gasteiger partial charge in [-0.25, -0.2) is 4.98 Å². The Bertz CT molecular complexity index is 584. The molecule has 0 spiro atoms. The number of aryl methyl sites for hydroxylation is 1. The summed E-state index contributed by atoms with van der Waals surface area (Å²) in [6, 6.07) is 7.44. The molecule has 1 amide bonds. The maximum Gasteiger partial charge on any atom is 0.272 e. The summed E-state index contributed by atoms with van der Waals surface area (Å²) in [6.07, 6.45) is 1.66. The van der Waals surface area contributed by atoms with Gasteiger partial charge in [0.15, 0.2) is 0 Å². The molecule has 0 fully saturated rings. The zero-order valence-electron chi connectivity index (χ0n) is 11.6. The molecule has 0 radical (unpaired) electrons. The SMILES string of the molecule is Cc1ccc(C(=O)Nc2ccc(N(C)C)nc2)n1C. The van der Waals surface area contributed by atoms with Crippen LogP contribution in [0.2, 0.25) is 0 Å². The third-order valence-electron chi connectivity index (χ3n) is 3.07. The molecule has 0 aliphatic carbocycles. The van der Waals surface area contributed by atoms with Crippen molar-refractivity contribution in [3.63, 3.8) is 0 Å². The molecule has 100 valence electrons. The van der Waals surface area contributed by atoms with E-state index in [0.29, 0.717) is 11.4 Å². The van der Waals surface area contributed by atoms with Crippen molar-refractivity contribution in [1.29, 1.82) is 0 Å². The molecule has 0 saturated carbocycles. The second-order valence-corrected chi connectivity index (χ2v) is 4.67. The predicted octanol–water partition coefficient (Wildman–Crippen LogP) is 2.05. The molecule has 1 N–H and O–H groups in total. The lowest BCUT2D eigenvalue weighted by Gasteiger charge is -2.12. The van der Waals surface area contributed by atoms with Crippen molar-refractivity contribution >= 4 is 17.4 Å². The van der Waals surface area contributed by atoms with Crippen molar-refractivity contribution in [3.05, 3.63) is 41.9 Å². The van der Waals surface area contributed by atoms with Gasteiger partial charge in [0.25, 0.3) is 5.91 Å². The van der Waals surface area contributed by atoms with Crippen molar-refractivity contribution in [3.8, 4) is 0 Å². The zero-order valence-corrected chi connectivity index (χ0v) is 11.6. The quantitative estimate of drug-likeness (QED) is 0.916. The average molecular weight is 258 g/mol. The highest BCUT2D eigenvalue weighted by Crippen LogP contribution is 2.13. The van der Waals surface area contributed by atoms with Gasteiger partial charge in [-0.15, -0.1) is 0 Å². The Hall–Kier alpha value is -2.30. The van der Waals surface area contributed by atoms with Gasteiger partial charge in [0.1, 0.15) is 11.5 Å². The highest BCUT2D eigenvalue weighted by Gasteiger charge is 2.11. The van der Waals surface area contributed by atoms with Crippen molar-refractivity contribution < 1.29 is 4.79 Å². The molecule has 0 aromatic carbocycles. The molecule has 2 rings (SSSR count). The topological polar surface area (TPSA) is 50.2 Å². The Morgan fingerprint density at radius 1 is 1.26 bits per heavy atom. The number of carbonyl (C=O) groups excluding carboxylic acids is 1. The Morgan fingerprint density at radius 2 is 2.00 bits per heavy atom. The van der Waals surface area contributed by atoms with Gasteiger partial charge in [-0.2, -0.15) is 0 Å². The van der Waals surface area contributed by atoms with Crippen LogP contribution in [0.3, 0.4) is 0 Å². The molecule has 0 unspecified atom stereocenters. The van der Waals surface area contributed by atoms with E-state index in [1.165, 1.54) is 0 Å². The normalized spacial score (nSPS) is 10.3. The van der Waals surface area contributed by atoms with Gasteiger partial charge in [-0.1, -0.05) is 0 Å². The highest BCUT2D eigenvalue weighted by molar-refractivity contribution is 6.03. The van der Waals surface area contributed by atoms with E-state index in [0.717, 1.165) is 11.5 Å². The van der Waals surface area contributed by atoms with E-state index < -0.39 is 0 Å². The van der Waals surface area contributed by atoms with Crippen LogP contribution >= 0.6 is 0 Å². The number of amides is 1. The summed E-state index contributed by atoms with van der Waals surface area (Å²) in [5, 5.41) is 2.84. The summed E-state index contributed by atoms with van der Waals surface area (Å²) in [7, 11) is 5.72. The summed E-state index contributed by atoms with van der Waals surface area (Å²) >= 11 is 0. The van der Waals surface area contributed by atoms with Gasteiger partial charge >= 0.3 is 0 Å². The standard InChI is InChI=1S/C14H18N4O/c1-10-5-7-12(18(10)4)14(19)16-11-6-8-13(15-9-11)17(2)3/h5-9H,1-4H3,(H,16,19). The number of hydrogen-bond donors (Lipinski definition) is 1. The minimum atomic E-state index is -0.130. The Labute approximate surface area is 112 Å². The van der Waals surface area contributed by atoms with Crippen LogP contribution in [0, 0.1) is 6.92 Å². The molecule has 0 aliphatic heterocycles. The lowest BCUT2D eigenvalue weighted by atomic mass is 10.3. The maximum absolute atomic E-state index is 12.1. The zero-order chi connectivity index (χ0) is 14.0. The number of carbonyl (C=O) groups is 1. The van der Waals surface area contributed by atoms with Gasteiger partial charge in [0.2, 0.25) is 0 Å². The molecular weight excluding hydrogens is 240 g/mol. The van der Waals surface area contributed by atoms with Crippen LogP contribution in [0.1, 0.15) is 16.2 Å². The highest BCUT2D eigenvalue weighted by atomic mass is 16.1. The van der Waals surface area contributed by atoms with Crippen molar-refractivity contribution in [2.75, 3.05) is 24.3 Å². The van der Waals surface area contributed by atoms with Gasteiger partial charge in [-0.05, 0) is 31.2 Å². The Morgan fingerprint density at radius 3 is 2.47 bits per heavy atom. The van der Waals surface area contributed by atoms with E-state index in [1.54, 1.807) is 6.20 Å². The summed E-state index contributed by atoms with van der Waals surface area (Å²) in [5.74, 6) is 0.725. The molecular formula is C14H18N4O. The first-order valence-electron chi connectivity index (χ1n) is 6.06. The lowest BCUT2D eigenvalue weighted by Crippen LogP contribution is -2.16. The van der Waals surface area contributed by atoms with Crippen LogP contribution in [0.25, 0.3) is 0 Å². The average Bonchev–Trinajstić information content (AvgIpc) is 2.70. The molecule has 5 nitrogen and oxygen atoms in total. The van der Waals surface area contributed by atoms with Crippen LogP contribution in [0.15, 0.2) is 30.5 Å². The van der Waals surface area contributed by atoms with E-state index >= 15 is 0 Å². The lowest BCUT2D eigenvalue weighted by molar-refractivity contribution is 0.101. The van der Waals surface area contributed by atoms with Crippen LogP contribution in [-0.2, 0) is 7.05 Å². The molecule has 0 aliphatic rings. The number of pyridine rings is 1. The summed E-state index contributed by atoms with van der Waals surface area (Å²) in [6.45, 7) is 1.96. The fourth-order valence-electron chi connectivity index (χ4n) is 1.76. The second-order valence-electron chi connectivity index (χ2n) is 4.67. The summed E-state index contributed by atoms with van der Waals surface area (Å²) in [5.41, 5.74) is 2.37. The number of aromatic nitrogens is 2. The largest absolute Gasteiger partial charge is 0.363 e. The van der Waals surface area contributed by atoms with Crippen LogP contribution in [0.4, 0.5) is 11.5 Å². The molecule has 0 bridgehead atoms. The first-order valence-corrected chi connectivity index (χ1v) is 6.06. The van der Waals surface area contributed by atoms with Crippen LogP contribution in [-0.4, -0.2) is 29.6 Å². The van der Waals surface area contributed by atoms with E-state index in [-0.39, 0.29) is 5.91 Å². The number of hydrogen-bond acceptors (Lipinski definition) is 3. The van der Waals surface area contributed by atoms with Gasteiger partial charge in [0.05, 0.1) is 11.9 Å². The Kier molecular flexibility index (Phi) is 3.55. The Balaban J connectivity index is 2.13. The minimum Gasteiger partial charge on any atom is -0.363 e. The van der Waals surface area contributed by atoms with Crippen molar-refractivity contribution in [1.82, 2.24) is 9.55 Å². The molecule has 0 atom stereocenters. The van der Waals surface area contributed by atoms with E-state index in [2.05, 4.69) is 10.3 Å². The molecule has 5 heteroatoms. The fraction of sp³-hybridized carbons (Fsp3) is 0.286. The minimum absolute atomic E-state index is 0.130. The molecule has 2 aromatic heterocycles. The second kappa shape index (κ2) is 5.14. The number of nitrogens with zero attached hydrogens (tertiary/aromatic N) is 3. The molecule has 0 saturated heterocycles. The number of nitrogens with one attached hydrogen (secondary N) is 1. The van der Waals surface area contributed by atoms with E-state index in [1.807, 2.05) is 61.8 Å². The third kappa shape index (κ3) is 2.76. The maximum atomic E-state index is 12.1. The van der Waals surface area contributed by atoms with Gasteiger partial charge in [0, 0.05) is 26.8 Å². The molecule has 2 aromatic rings. The molecule has 2 heterocycles.